The lowest BCUT2D eigenvalue weighted by molar-refractivity contribution is 0.0738. The summed E-state index contributed by atoms with van der Waals surface area (Å²) in [6, 6.07) is 13.5. The Kier molecular flexibility index (Phi) is 11.5. The van der Waals surface area contributed by atoms with Gasteiger partial charge in [-0.05, 0) is 92.6 Å². The van der Waals surface area contributed by atoms with Gasteiger partial charge in [0.25, 0.3) is 5.56 Å². The summed E-state index contributed by atoms with van der Waals surface area (Å²) in [7, 11) is 4.04. The van der Waals surface area contributed by atoms with E-state index in [1.54, 1.807) is 58.2 Å². The monoisotopic (exact) mass is 875 g/mol. The Morgan fingerprint density at radius 3 is 2.48 bits per heavy atom. The summed E-state index contributed by atoms with van der Waals surface area (Å²) in [5, 5.41) is 26.2. The summed E-state index contributed by atoms with van der Waals surface area (Å²) in [5.41, 5.74) is 11.6. The van der Waals surface area contributed by atoms with Crippen molar-refractivity contribution in [1.82, 2.24) is 58.9 Å². The fourth-order valence-corrected chi connectivity index (χ4v) is 8.15. The number of rotatable bonds is 9. The first-order valence-corrected chi connectivity index (χ1v) is 20.8. The van der Waals surface area contributed by atoms with Gasteiger partial charge in [-0.15, -0.1) is 6.58 Å². The third kappa shape index (κ3) is 8.27. The average Bonchev–Trinajstić information content (AvgIpc) is 3.95. The minimum absolute atomic E-state index is 0.242. The summed E-state index contributed by atoms with van der Waals surface area (Å²) >= 11 is 3.61. The number of nitrogen functional groups attached to an aromatic ring is 1. The minimum atomic E-state index is -1.14. The number of pyridine rings is 1. The Bertz CT molecular complexity index is 2700. The molecular formula is C42H50BrN15O2. The van der Waals surface area contributed by atoms with Gasteiger partial charge in [-0.25, -0.2) is 24.3 Å². The van der Waals surface area contributed by atoms with Crippen LogP contribution in [0.15, 0.2) is 89.2 Å². The van der Waals surface area contributed by atoms with E-state index in [9.17, 15) is 9.90 Å². The number of anilines is 4. The van der Waals surface area contributed by atoms with Crippen LogP contribution < -0.4 is 26.8 Å². The van der Waals surface area contributed by atoms with Gasteiger partial charge in [0.2, 0.25) is 5.95 Å². The van der Waals surface area contributed by atoms with Gasteiger partial charge in [0.05, 0.1) is 34.8 Å². The molecule has 0 aliphatic carbocycles. The number of fused-ring (bicyclic) bond motifs is 2. The smallest absolute Gasteiger partial charge is 0.278 e. The van der Waals surface area contributed by atoms with Gasteiger partial charge in [0, 0.05) is 80.6 Å². The largest absolute Gasteiger partial charge is 0.384 e. The number of allylic oxidation sites excluding steroid dienone is 1. The van der Waals surface area contributed by atoms with Crippen molar-refractivity contribution in [3.8, 4) is 16.9 Å². The predicted octanol–water partition coefficient (Wildman–Crippen LogP) is 4.83. The zero-order valence-corrected chi connectivity index (χ0v) is 35.8. The molecule has 0 spiro atoms. The number of aliphatic hydroxyl groups is 1. The SMILES string of the molecule is C=CCn1c(=O)c2cnc(Nc3ccc(N4CCN(C)CC4)cc3)nc2n1-c1cccc(C(C)(C)O)n1.Cn1cc(-c2cnn3c(N)c(Br)c([C@@H]4CCCNC4)nc23)cn1. The molecule has 2 aliphatic heterocycles. The van der Waals surface area contributed by atoms with Gasteiger partial charge >= 0.3 is 0 Å². The van der Waals surface area contributed by atoms with E-state index in [0.29, 0.717) is 40.2 Å². The van der Waals surface area contributed by atoms with Crippen molar-refractivity contribution in [1.29, 1.82) is 0 Å². The molecular weight excluding hydrogens is 826 g/mol. The Hall–Kier alpha value is -5.95. The Morgan fingerprint density at radius 2 is 1.80 bits per heavy atom. The maximum absolute atomic E-state index is 13.2. The van der Waals surface area contributed by atoms with E-state index in [0.717, 1.165) is 84.7 Å². The zero-order chi connectivity index (χ0) is 42.1. The lowest BCUT2D eigenvalue weighted by Gasteiger charge is -2.34. The number of likely N-dealkylation sites (N-methyl/N-ethyl adjacent to an activating group) is 1. The second-order valence-electron chi connectivity index (χ2n) is 15.8. The number of aryl methyl sites for hydroxylation is 1. The number of halogens is 1. The van der Waals surface area contributed by atoms with Crippen LogP contribution in [0.5, 0.6) is 0 Å². The second kappa shape index (κ2) is 17.0. The molecule has 7 aromatic rings. The highest BCUT2D eigenvalue weighted by Gasteiger charge is 2.25. The van der Waals surface area contributed by atoms with Crippen LogP contribution in [0.2, 0.25) is 0 Å². The zero-order valence-electron chi connectivity index (χ0n) is 34.3. The molecule has 0 unspecified atom stereocenters. The first-order valence-electron chi connectivity index (χ1n) is 20.0. The molecule has 312 valence electrons. The Morgan fingerprint density at radius 1 is 1.02 bits per heavy atom. The van der Waals surface area contributed by atoms with Crippen LogP contribution in [-0.2, 0) is 19.2 Å². The van der Waals surface area contributed by atoms with Gasteiger partial charge in [0.15, 0.2) is 17.1 Å². The molecule has 2 aliphatic rings. The predicted molar refractivity (Wildman–Crippen MR) is 238 cm³/mol. The topological polar surface area (TPSA) is 190 Å². The van der Waals surface area contributed by atoms with Crippen LogP contribution in [0.4, 0.5) is 23.1 Å². The summed E-state index contributed by atoms with van der Waals surface area (Å²) in [6.07, 6.45) is 11.0. The van der Waals surface area contributed by atoms with Crippen LogP contribution in [0.3, 0.4) is 0 Å². The summed E-state index contributed by atoms with van der Waals surface area (Å²) in [6.45, 7) is 13.5. The average molecular weight is 877 g/mol. The molecule has 0 amide bonds. The molecule has 2 fully saturated rings. The highest BCUT2D eigenvalue weighted by molar-refractivity contribution is 9.10. The summed E-state index contributed by atoms with van der Waals surface area (Å²) in [5.74, 6) is 1.78. The van der Waals surface area contributed by atoms with Crippen molar-refractivity contribution in [3.63, 3.8) is 0 Å². The maximum Gasteiger partial charge on any atom is 0.278 e. The van der Waals surface area contributed by atoms with E-state index >= 15 is 0 Å². The minimum Gasteiger partial charge on any atom is -0.384 e. The third-order valence-electron chi connectivity index (χ3n) is 10.9. The third-order valence-corrected chi connectivity index (χ3v) is 11.7. The van der Waals surface area contributed by atoms with Crippen molar-refractivity contribution >= 4 is 55.8 Å². The number of hydrogen-bond acceptors (Lipinski definition) is 13. The number of nitrogens with zero attached hydrogens (tertiary/aromatic N) is 12. The molecule has 2 saturated heterocycles. The van der Waals surface area contributed by atoms with E-state index in [1.807, 2.05) is 31.6 Å². The first kappa shape index (κ1) is 40.8. The normalized spacial score (nSPS) is 16.2. The molecule has 6 aromatic heterocycles. The Labute approximate surface area is 355 Å². The molecule has 18 heteroatoms. The molecule has 17 nitrogen and oxygen atoms in total. The second-order valence-corrected chi connectivity index (χ2v) is 16.5. The van der Waals surface area contributed by atoms with E-state index in [1.165, 1.54) is 16.6 Å². The molecule has 8 heterocycles. The number of nitrogens with one attached hydrogen (secondary N) is 2. The molecule has 0 radical (unpaired) electrons. The quantitative estimate of drug-likeness (QED) is 0.145. The highest BCUT2D eigenvalue weighted by atomic mass is 79.9. The van der Waals surface area contributed by atoms with Crippen LogP contribution in [0, 0.1) is 0 Å². The highest BCUT2D eigenvalue weighted by Crippen LogP contribution is 2.35. The molecule has 5 N–H and O–H groups in total. The molecule has 9 rings (SSSR count). The summed E-state index contributed by atoms with van der Waals surface area (Å²) < 4.78 is 7.47. The number of piperazine rings is 1. The van der Waals surface area contributed by atoms with Gasteiger partial charge < -0.3 is 31.3 Å². The first-order chi connectivity index (χ1) is 28.9. The fraction of sp³-hybridized carbons (Fsp3) is 0.357. The number of piperidine rings is 1. The fourth-order valence-electron chi connectivity index (χ4n) is 7.57. The standard InChI is InChI=1S/C27H32N8O2.C15H18BrN7/c1-5-13-34-25(36)21-18-28-26(29-19-9-11-20(12-10-19)33-16-14-32(4)15-17-33)31-24(21)35(34)23-8-6-7-22(30-23)27(2,3)37;1-22-8-10(6-19-22)11-7-20-23-14(17)12(16)13(21-15(11)23)9-3-2-4-18-5-9/h5-12,18,37H,1,13-17H2,2-4H3,(H,28,29,31);6-9,18H,2-5,17H2,1H3/t;9-/m.1/s1. The van der Waals surface area contributed by atoms with Crippen molar-refractivity contribution in [2.45, 2.75) is 44.8 Å². The van der Waals surface area contributed by atoms with Crippen LogP contribution in [0.1, 0.15) is 44.0 Å². The van der Waals surface area contributed by atoms with Crippen molar-refractivity contribution in [3.05, 3.63) is 106 Å². The van der Waals surface area contributed by atoms with Crippen LogP contribution in [0.25, 0.3) is 33.6 Å². The summed E-state index contributed by atoms with van der Waals surface area (Å²) in [4.78, 5) is 36.5. The molecule has 0 bridgehead atoms. The Balaban J connectivity index is 0.000000185. The maximum atomic E-state index is 13.2. The van der Waals surface area contributed by atoms with Gasteiger partial charge in [-0.3, -0.25) is 9.48 Å². The number of aromatic nitrogens is 10. The lowest BCUT2D eigenvalue weighted by atomic mass is 9.96. The van der Waals surface area contributed by atoms with E-state index in [4.69, 9.17) is 15.7 Å². The molecule has 1 atom stereocenters. The van der Waals surface area contributed by atoms with E-state index in [2.05, 4.69) is 82.3 Å². The van der Waals surface area contributed by atoms with Gasteiger partial charge in [-0.2, -0.15) is 19.7 Å². The van der Waals surface area contributed by atoms with Gasteiger partial charge in [-0.1, -0.05) is 12.1 Å². The van der Waals surface area contributed by atoms with Crippen molar-refractivity contribution in [2.75, 3.05) is 62.3 Å². The van der Waals surface area contributed by atoms with Crippen molar-refractivity contribution in [2.24, 2.45) is 7.05 Å². The molecule has 1 aromatic carbocycles. The number of nitrogens with two attached hydrogens (primary N) is 1. The van der Waals surface area contributed by atoms with Crippen LogP contribution >= 0.6 is 15.9 Å². The molecule has 60 heavy (non-hydrogen) atoms. The van der Waals surface area contributed by atoms with E-state index < -0.39 is 5.60 Å². The van der Waals surface area contributed by atoms with E-state index in [-0.39, 0.29) is 12.1 Å². The molecule has 0 saturated carbocycles. The number of hydrogen-bond donors (Lipinski definition) is 4. The number of benzene rings is 1. The van der Waals surface area contributed by atoms with Crippen molar-refractivity contribution < 1.29 is 5.11 Å². The van der Waals surface area contributed by atoms with Crippen LogP contribution in [-0.4, -0.2) is 105 Å². The van der Waals surface area contributed by atoms with Gasteiger partial charge in [0.1, 0.15) is 16.8 Å². The lowest BCUT2D eigenvalue weighted by Crippen LogP contribution is -2.44.